The van der Waals surface area contributed by atoms with E-state index in [4.69, 9.17) is 22.4 Å². The largest absolute Gasteiger partial charge is 0.506 e. The van der Waals surface area contributed by atoms with E-state index >= 15 is 0 Å². The number of hydrogen-bond donors (Lipinski definition) is 2. The van der Waals surface area contributed by atoms with Crippen LogP contribution in [0.4, 0.5) is 8.78 Å². The summed E-state index contributed by atoms with van der Waals surface area (Å²) in [5.41, 5.74) is 4.62. The Morgan fingerprint density at radius 3 is 2.69 bits per heavy atom. The van der Waals surface area contributed by atoms with Crippen LogP contribution in [0, 0.1) is 0 Å². The maximum atomic E-state index is 12.2. The fourth-order valence-electron chi connectivity index (χ4n) is 0.837. The van der Waals surface area contributed by atoms with Gasteiger partial charge in [-0.05, 0) is 0 Å². The first-order valence-electron chi connectivity index (χ1n) is 3.42. The van der Waals surface area contributed by atoms with Crippen LogP contribution in [0.5, 0.6) is 5.75 Å². The second kappa shape index (κ2) is 3.85. The van der Waals surface area contributed by atoms with Crippen LogP contribution in [0.3, 0.4) is 0 Å². The second-order valence-electron chi connectivity index (χ2n) is 2.33. The third-order valence-electron chi connectivity index (χ3n) is 1.46. The van der Waals surface area contributed by atoms with Gasteiger partial charge < -0.3 is 10.8 Å². The van der Waals surface area contributed by atoms with Gasteiger partial charge in [-0.2, -0.15) is 0 Å². The van der Waals surface area contributed by atoms with Crippen molar-refractivity contribution in [2.75, 3.05) is 0 Å². The molecular weight excluding hydrogens is 202 g/mol. The molecule has 0 amide bonds. The van der Waals surface area contributed by atoms with E-state index < -0.39 is 12.1 Å². The van der Waals surface area contributed by atoms with Crippen molar-refractivity contribution in [2.24, 2.45) is 5.73 Å². The van der Waals surface area contributed by atoms with Crippen molar-refractivity contribution in [2.45, 2.75) is 13.0 Å². The molecule has 0 aliphatic carbocycles. The lowest BCUT2D eigenvalue weighted by Gasteiger charge is -2.06. The van der Waals surface area contributed by atoms with Gasteiger partial charge in [0, 0.05) is 12.6 Å². The van der Waals surface area contributed by atoms with Crippen molar-refractivity contribution in [3.05, 3.63) is 22.5 Å². The molecule has 6 heteroatoms. The first-order valence-corrected chi connectivity index (χ1v) is 3.80. The highest BCUT2D eigenvalue weighted by atomic mass is 35.5. The van der Waals surface area contributed by atoms with Crippen LogP contribution >= 0.6 is 11.6 Å². The summed E-state index contributed by atoms with van der Waals surface area (Å²) in [5, 5.41) is 8.87. The van der Waals surface area contributed by atoms with E-state index in [2.05, 4.69) is 4.98 Å². The maximum absolute atomic E-state index is 12.2. The van der Waals surface area contributed by atoms with Crippen LogP contribution in [0.25, 0.3) is 0 Å². The Bertz CT molecular complexity index is 320. The zero-order valence-electron chi connectivity index (χ0n) is 6.47. The highest BCUT2D eigenvalue weighted by Gasteiger charge is 2.16. The molecule has 72 valence electrons. The average Bonchev–Trinajstić information content (AvgIpc) is 2.03. The van der Waals surface area contributed by atoms with Crippen LogP contribution in [0.1, 0.15) is 17.8 Å². The monoisotopic (exact) mass is 208 g/mol. The van der Waals surface area contributed by atoms with Crippen molar-refractivity contribution in [1.29, 1.82) is 0 Å². The van der Waals surface area contributed by atoms with Crippen molar-refractivity contribution in [3.8, 4) is 5.75 Å². The number of alkyl halides is 2. The summed E-state index contributed by atoms with van der Waals surface area (Å²) >= 11 is 5.41. The van der Waals surface area contributed by atoms with Crippen molar-refractivity contribution < 1.29 is 13.9 Å². The summed E-state index contributed by atoms with van der Waals surface area (Å²) in [4.78, 5) is 3.43. The first-order chi connectivity index (χ1) is 6.06. The average molecular weight is 209 g/mol. The van der Waals surface area contributed by atoms with E-state index in [1.165, 1.54) is 0 Å². The molecule has 0 unspecified atom stereocenters. The quantitative estimate of drug-likeness (QED) is 0.780. The minimum absolute atomic E-state index is 0.0136. The summed E-state index contributed by atoms with van der Waals surface area (Å²) in [6, 6.07) is 1.01. The smallest absolute Gasteiger partial charge is 0.281 e. The highest BCUT2D eigenvalue weighted by Crippen LogP contribution is 2.29. The number of pyridine rings is 1. The van der Waals surface area contributed by atoms with Crippen molar-refractivity contribution >= 4 is 11.6 Å². The van der Waals surface area contributed by atoms with Crippen LogP contribution < -0.4 is 5.73 Å². The molecule has 1 heterocycles. The van der Waals surface area contributed by atoms with E-state index in [1.54, 1.807) is 0 Å². The number of aromatic nitrogens is 1. The van der Waals surface area contributed by atoms with E-state index in [0.29, 0.717) is 0 Å². The summed E-state index contributed by atoms with van der Waals surface area (Å²) < 4.78 is 24.4. The summed E-state index contributed by atoms with van der Waals surface area (Å²) in [5.74, 6) is -0.267. The molecule has 0 radical (unpaired) electrons. The van der Waals surface area contributed by atoms with Gasteiger partial charge in [0.25, 0.3) is 6.43 Å². The first kappa shape index (κ1) is 10.1. The Balaban J connectivity index is 3.22. The minimum atomic E-state index is -2.77. The molecular formula is C7H7ClF2N2O. The lowest BCUT2D eigenvalue weighted by Crippen LogP contribution is -2.03. The van der Waals surface area contributed by atoms with Gasteiger partial charge >= 0.3 is 0 Å². The molecule has 1 aromatic rings. The Hall–Kier alpha value is -0.940. The summed E-state index contributed by atoms with van der Waals surface area (Å²) in [6.07, 6.45) is -2.77. The van der Waals surface area contributed by atoms with E-state index in [0.717, 1.165) is 6.07 Å². The molecule has 0 saturated carbocycles. The molecule has 13 heavy (non-hydrogen) atoms. The standard InChI is InChI=1S/C7H7ClF2N2O/c8-3-1-5(13)4(2-11)12-6(3)7(9)10/h1,7,13H,2,11H2. The Morgan fingerprint density at radius 2 is 2.23 bits per heavy atom. The van der Waals surface area contributed by atoms with Crippen LogP contribution in [-0.4, -0.2) is 10.1 Å². The maximum Gasteiger partial charge on any atom is 0.281 e. The third kappa shape index (κ3) is 2.05. The molecule has 1 aromatic heterocycles. The Labute approximate surface area is 78.1 Å². The van der Waals surface area contributed by atoms with E-state index in [9.17, 15) is 8.78 Å². The molecule has 0 atom stereocenters. The zero-order valence-corrected chi connectivity index (χ0v) is 7.22. The van der Waals surface area contributed by atoms with Crippen molar-refractivity contribution in [1.82, 2.24) is 4.98 Å². The molecule has 0 aliphatic rings. The number of nitrogens with two attached hydrogens (primary N) is 1. The van der Waals surface area contributed by atoms with Crippen LogP contribution in [-0.2, 0) is 6.54 Å². The van der Waals surface area contributed by atoms with Gasteiger partial charge in [0.15, 0.2) is 0 Å². The number of hydrogen-bond acceptors (Lipinski definition) is 3. The molecule has 0 aliphatic heterocycles. The summed E-state index contributed by atoms with van der Waals surface area (Å²) in [7, 11) is 0. The topological polar surface area (TPSA) is 59.1 Å². The summed E-state index contributed by atoms with van der Waals surface area (Å²) in [6.45, 7) is -0.108. The molecule has 0 spiro atoms. The van der Waals surface area contributed by atoms with Gasteiger partial charge in [0.05, 0.1) is 10.7 Å². The van der Waals surface area contributed by atoms with Gasteiger partial charge in [-0.3, -0.25) is 0 Å². The lowest BCUT2D eigenvalue weighted by molar-refractivity contribution is 0.146. The Morgan fingerprint density at radius 1 is 1.62 bits per heavy atom. The number of halogens is 3. The minimum Gasteiger partial charge on any atom is -0.506 e. The molecule has 0 bridgehead atoms. The zero-order chi connectivity index (χ0) is 10.0. The predicted molar refractivity (Wildman–Crippen MR) is 43.8 cm³/mol. The van der Waals surface area contributed by atoms with Gasteiger partial charge in [-0.25, -0.2) is 13.8 Å². The number of nitrogens with zero attached hydrogens (tertiary/aromatic N) is 1. The fraction of sp³-hybridized carbons (Fsp3) is 0.286. The fourth-order valence-corrected chi connectivity index (χ4v) is 1.06. The lowest BCUT2D eigenvalue weighted by atomic mass is 10.3. The van der Waals surface area contributed by atoms with Crippen molar-refractivity contribution in [3.63, 3.8) is 0 Å². The SMILES string of the molecule is NCc1nc(C(F)F)c(Cl)cc1O. The van der Waals surface area contributed by atoms with Crippen LogP contribution in [0.2, 0.25) is 5.02 Å². The molecule has 0 aromatic carbocycles. The van der Waals surface area contributed by atoms with Crippen LogP contribution in [0.15, 0.2) is 6.07 Å². The van der Waals surface area contributed by atoms with Gasteiger partial charge in [-0.1, -0.05) is 11.6 Å². The van der Waals surface area contributed by atoms with E-state index in [-0.39, 0.29) is 23.0 Å². The Kier molecular flexibility index (Phi) is 3.00. The highest BCUT2D eigenvalue weighted by molar-refractivity contribution is 6.31. The predicted octanol–water partition coefficient (Wildman–Crippen LogP) is 1.84. The third-order valence-corrected chi connectivity index (χ3v) is 1.76. The number of aromatic hydroxyl groups is 1. The van der Waals surface area contributed by atoms with Gasteiger partial charge in [0.1, 0.15) is 11.4 Å². The number of rotatable bonds is 2. The molecule has 1 rings (SSSR count). The second-order valence-corrected chi connectivity index (χ2v) is 2.73. The molecule has 3 N–H and O–H groups in total. The molecule has 0 fully saturated rings. The van der Waals surface area contributed by atoms with Gasteiger partial charge in [0.2, 0.25) is 0 Å². The molecule has 3 nitrogen and oxygen atoms in total. The van der Waals surface area contributed by atoms with E-state index in [1.807, 2.05) is 0 Å². The normalized spacial score (nSPS) is 10.8. The van der Waals surface area contributed by atoms with Gasteiger partial charge in [-0.15, -0.1) is 0 Å². The molecule has 0 saturated heterocycles.